The number of carbonyl (C=O) groups is 1. The first-order valence-electron chi connectivity index (χ1n) is 9.91. The van der Waals surface area contributed by atoms with Crippen molar-refractivity contribution < 1.29 is 9.53 Å². The number of fused-ring (bicyclic) bond motifs is 2. The second-order valence-electron chi connectivity index (χ2n) is 7.66. The van der Waals surface area contributed by atoms with Crippen molar-refractivity contribution in [2.24, 2.45) is 0 Å². The molecule has 2 aliphatic heterocycles. The van der Waals surface area contributed by atoms with E-state index in [-0.39, 0.29) is 17.9 Å². The lowest BCUT2D eigenvalue weighted by Gasteiger charge is -2.35. The molecular weight excluding hydrogens is 354 g/mol. The lowest BCUT2D eigenvalue weighted by atomic mass is 9.95. The van der Waals surface area contributed by atoms with Crippen molar-refractivity contribution in [3.05, 3.63) is 53.5 Å². The number of hydrogen-bond donors (Lipinski definition) is 0. The maximum absolute atomic E-state index is 13.0. The van der Waals surface area contributed by atoms with Crippen LogP contribution in [0.15, 0.2) is 36.4 Å². The van der Waals surface area contributed by atoms with Gasteiger partial charge in [0, 0.05) is 19.0 Å². The van der Waals surface area contributed by atoms with E-state index in [1.165, 1.54) is 5.56 Å². The van der Waals surface area contributed by atoms with Crippen LogP contribution in [0.2, 0.25) is 0 Å². The van der Waals surface area contributed by atoms with E-state index in [1.54, 1.807) is 0 Å². The molecule has 5 rings (SSSR count). The molecule has 1 fully saturated rings. The zero-order valence-corrected chi connectivity index (χ0v) is 15.9. The van der Waals surface area contributed by atoms with Crippen LogP contribution in [0.4, 0.5) is 0 Å². The van der Waals surface area contributed by atoms with Crippen molar-refractivity contribution in [3.8, 4) is 5.75 Å². The number of aromatic nitrogens is 4. The van der Waals surface area contributed by atoms with Gasteiger partial charge < -0.3 is 9.64 Å². The molecule has 4 heterocycles. The minimum Gasteiger partial charge on any atom is -0.480 e. The largest absolute Gasteiger partial charge is 0.480 e. The molecule has 0 bridgehead atoms. The number of amides is 1. The molecule has 0 saturated carbocycles. The summed E-state index contributed by atoms with van der Waals surface area (Å²) >= 11 is 0. The molecule has 1 unspecified atom stereocenters. The number of aryl methyl sites for hydroxylation is 2. The number of ether oxygens (including phenoxy) is 1. The molecule has 1 saturated heterocycles. The van der Waals surface area contributed by atoms with E-state index in [0.717, 1.165) is 48.6 Å². The van der Waals surface area contributed by atoms with Gasteiger partial charge in [0.05, 0.1) is 5.69 Å². The molecule has 0 spiro atoms. The first-order valence-corrected chi connectivity index (χ1v) is 9.91. The summed E-state index contributed by atoms with van der Waals surface area (Å²) in [7, 11) is 0. The molecule has 144 valence electrons. The van der Waals surface area contributed by atoms with E-state index in [1.807, 2.05) is 46.7 Å². The SMILES string of the molecule is Cc1ccc2nnc(C3CCN(C(=O)C4CCc5ccccc5O4)CC3)n2n1. The fraction of sp³-hybridized carbons (Fsp3) is 0.429. The summed E-state index contributed by atoms with van der Waals surface area (Å²) < 4.78 is 7.84. The van der Waals surface area contributed by atoms with Crippen molar-refractivity contribution in [2.75, 3.05) is 13.1 Å². The molecule has 3 aromatic rings. The maximum Gasteiger partial charge on any atom is 0.263 e. The molecule has 1 amide bonds. The fourth-order valence-corrected chi connectivity index (χ4v) is 4.21. The van der Waals surface area contributed by atoms with Crippen LogP contribution in [0.1, 0.15) is 42.3 Å². The first-order chi connectivity index (χ1) is 13.7. The fourth-order valence-electron chi connectivity index (χ4n) is 4.21. The lowest BCUT2D eigenvalue weighted by molar-refractivity contribution is -0.140. The molecule has 0 N–H and O–H groups in total. The predicted molar refractivity (Wildman–Crippen MR) is 103 cm³/mol. The summed E-state index contributed by atoms with van der Waals surface area (Å²) in [6, 6.07) is 11.9. The third kappa shape index (κ3) is 3.00. The smallest absolute Gasteiger partial charge is 0.263 e. The lowest BCUT2D eigenvalue weighted by Crippen LogP contribution is -2.46. The highest BCUT2D eigenvalue weighted by molar-refractivity contribution is 5.81. The van der Waals surface area contributed by atoms with E-state index in [0.29, 0.717) is 13.1 Å². The normalized spacial score (nSPS) is 20.0. The highest BCUT2D eigenvalue weighted by Gasteiger charge is 2.33. The van der Waals surface area contributed by atoms with Gasteiger partial charge in [-0.25, -0.2) is 0 Å². The zero-order valence-electron chi connectivity index (χ0n) is 15.9. The average molecular weight is 377 g/mol. The van der Waals surface area contributed by atoms with Gasteiger partial charge in [-0.05, 0) is 56.4 Å². The summed E-state index contributed by atoms with van der Waals surface area (Å²) in [4.78, 5) is 14.9. The van der Waals surface area contributed by atoms with Gasteiger partial charge >= 0.3 is 0 Å². The summed E-state index contributed by atoms with van der Waals surface area (Å²) in [5, 5.41) is 13.2. The van der Waals surface area contributed by atoms with E-state index < -0.39 is 0 Å². The van der Waals surface area contributed by atoms with Gasteiger partial charge in [-0.3, -0.25) is 4.79 Å². The molecule has 2 aliphatic rings. The first kappa shape index (κ1) is 17.2. The van der Waals surface area contributed by atoms with E-state index >= 15 is 0 Å². The number of benzene rings is 1. The van der Waals surface area contributed by atoms with Crippen molar-refractivity contribution in [3.63, 3.8) is 0 Å². The molecule has 7 nitrogen and oxygen atoms in total. The quantitative estimate of drug-likeness (QED) is 0.686. The van der Waals surface area contributed by atoms with Crippen LogP contribution >= 0.6 is 0 Å². The summed E-state index contributed by atoms with van der Waals surface area (Å²) in [6.07, 6.45) is 2.99. The monoisotopic (exact) mass is 377 g/mol. The minimum atomic E-state index is -0.371. The Balaban J connectivity index is 1.26. The molecule has 1 aromatic carbocycles. The molecular formula is C21H23N5O2. The minimum absolute atomic E-state index is 0.105. The summed E-state index contributed by atoms with van der Waals surface area (Å²) in [5.74, 6) is 2.11. The standard InChI is InChI=1S/C21H23N5O2/c1-14-6-9-19-22-23-20(26(19)24-14)16-10-12-25(13-11-16)21(27)18-8-7-15-4-2-3-5-17(15)28-18/h2-6,9,16,18H,7-8,10-13H2,1H3. The van der Waals surface area contributed by atoms with Crippen molar-refractivity contribution in [2.45, 2.75) is 44.6 Å². The highest BCUT2D eigenvalue weighted by Crippen LogP contribution is 2.30. The molecule has 1 atom stereocenters. The van der Waals surface area contributed by atoms with E-state index in [4.69, 9.17) is 4.74 Å². The molecule has 0 aliphatic carbocycles. The zero-order chi connectivity index (χ0) is 19.1. The number of hydrogen-bond acceptors (Lipinski definition) is 5. The highest BCUT2D eigenvalue weighted by atomic mass is 16.5. The van der Waals surface area contributed by atoms with Gasteiger partial charge in [0.25, 0.3) is 5.91 Å². The van der Waals surface area contributed by atoms with Gasteiger partial charge in [0.15, 0.2) is 17.6 Å². The van der Waals surface area contributed by atoms with E-state index in [2.05, 4.69) is 21.4 Å². The van der Waals surface area contributed by atoms with Crippen molar-refractivity contribution in [1.29, 1.82) is 0 Å². The van der Waals surface area contributed by atoms with Crippen LogP contribution in [0.3, 0.4) is 0 Å². The molecule has 7 heteroatoms. The Morgan fingerprint density at radius 2 is 1.89 bits per heavy atom. The van der Waals surface area contributed by atoms with Gasteiger partial charge in [0.2, 0.25) is 0 Å². The summed E-state index contributed by atoms with van der Waals surface area (Å²) in [6.45, 7) is 3.39. The number of para-hydroxylation sites is 1. The second kappa shape index (κ2) is 6.89. The van der Waals surface area contributed by atoms with Crippen LogP contribution in [0.5, 0.6) is 5.75 Å². The number of piperidine rings is 1. The van der Waals surface area contributed by atoms with Gasteiger partial charge in [0.1, 0.15) is 5.75 Å². The Kier molecular flexibility index (Phi) is 4.22. The van der Waals surface area contributed by atoms with Crippen LogP contribution < -0.4 is 4.74 Å². The molecule has 2 aromatic heterocycles. The molecule has 28 heavy (non-hydrogen) atoms. The summed E-state index contributed by atoms with van der Waals surface area (Å²) in [5.41, 5.74) is 2.90. The third-order valence-corrected chi connectivity index (χ3v) is 5.79. The van der Waals surface area contributed by atoms with Crippen LogP contribution in [0, 0.1) is 6.92 Å². The Morgan fingerprint density at radius 3 is 2.75 bits per heavy atom. The third-order valence-electron chi connectivity index (χ3n) is 5.79. The van der Waals surface area contributed by atoms with Crippen LogP contribution in [-0.2, 0) is 11.2 Å². The maximum atomic E-state index is 13.0. The predicted octanol–water partition coefficient (Wildman–Crippen LogP) is 2.53. The Bertz CT molecular complexity index is 1020. The van der Waals surface area contributed by atoms with Crippen LogP contribution in [0.25, 0.3) is 5.65 Å². The average Bonchev–Trinajstić information content (AvgIpc) is 3.16. The van der Waals surface area contributed by atoms with Gasteiger partial charge in [-0.15, -0.1) is 10.2 Å². The number of rotatable bonds is 2. The van der Waals surface area contributed by atoms with Gasteiger partial charge in [-0.1, -0.05) is 18.2 Å². The number of likely N-dealkylation sites (tertiary alicyclic amines) is 1. The van der Waals surface area contributed by atoms with Crippen LogP contribution in [-0.4, -0.2) is 49.8 Å². The molecule has 0 radical (unpaired) electrons. The Morgan fingerprint density at radius 1 is 1.07 bits per heavy atom. The number of carbonyl (C=O) groups excluding carboxylic acids is 1. The Hall–Kier alpha value is -2.96. The number of nitrogens with zero attached hydrogens (tertiary/aromatic N) is 5. The Labute approximate surface area is 163 Å². The van der Waals surface area contributed by atoms with Gasteiger partial charge in [-0.2, -0.15) is 9.61 Å². The topological polar surface area (TPSA) is 72.6 Å². The van der Waals surface area contributed by atoms with E-state index in [9.17, 15) is 4.79 Å². The van der Waals surface area contributed by atoms with Crippen molar-refractivity contribution >= 4 is 11.6 Å². The van der Waals surface area contributed by atoms with Crippen molar-refractivity contribution in [1.82, 2.24) is 24.7 Å². The second-order valence-corrected chi connectivity index (χ2v) is 7.66.